The minimum atomic E-state index is 0.721. The molecule has 1 aromatic heterocycles. The predicted molar refractivity (Wildman–Crippen MR) is 64.1 cm³/mol. The second-order valence-corrected chi connectivity index (χ2v) is 3.99. The predicted octanol–water partition coefficient (Wildman–Crippen LogP) is 1.12. The Balaban J connectivity index is 1.71. The normalized spacial score (nSPS) is 17.5. The van der Waals surface area contributed by atoms with Crippen LogP contribution in [-0.4, -0.2) is 37.6 Å². The summed E-state index contributed by atoms with van der Waals surface area (Å²) in [7, 11) is 0. The molecule has 0 spiro atoms. The first-order chi connectivity index (χ1) is 7.95. The summed E-state index contributed by atoms with van der Waals surface area (Å²) in [6, 6.07) is 3.86. The first kappa shape index (κ1) is 11.3. The lowest BCUT2D eigenvalue weighted by Crippen LogP contribution is -2.28. The van der Waals surface area contributed by atoms with E-state index in [1.807, 2.05) is 12.1 Å². The van der Waals surface area contributed by atoms with Crippen LogP contribution in [0.4, 0.5) is 0 Å². The monoisotopic (exact) mass is 218 g/mol. The molecule has 1 aliphatic heterocycles. The van der Waals surface area contributed by atoms with Crippen molar-refractivity contribution in [3.63, 3.8) is 0 Å². The first-order valence-electron chi connectivity index (χ1n) is 5.86. The SMILES string of the molecule is C(#CCN1CCCNCC1)Cc1ccco1. The molecule has 1 N–H and O–H groups in total. The molecule has 0 bridgehead atoms. The van der Waals surface area contributed by atoms with Crippen molar-refractivity contribution in [3.8, 4) is 11.8 Å². The summed E-state index contributed by atoms with van der Waals surface area (Å²) in [5.41, 5.74) is 0. The van der Waals surface area contributed by atoms with Crippen molar-refractivity contribution in [2.75, 3.05) is 32.7 Å². The van der Waals surface area contributed by atoms with E-state index in [-0.39, 0.29) is 0 Å². The first-order valence-corrected chi connectivity index (χ1v) is 5.86. The lowest BCUT2D eigenvalue weighted by atomic mass is 10.3. The number of nitrogens with one attached hydrogen (secondary N) is 1. The molecule has 1 fully saturated rings. The summed E-state index contributed by atoms with van der Waals surface area (Å²) >= 11 is 0. The molecule has 0 aromatic carbocycles. The van der Waals surface area contributed by atoms with Crippen molar-refractivity contribution in [2.45, 2.75) is 12.8 Å². The van der Waals surface area contributed by atoms with Gasteiger partial charge in [0.2, 0.25) is 0 Å². The largest absolute Gasteiger partial charge is 0.468 e. The van der Waals surface area contributed by atoms with E-state index in [1.165, 1.54) is 6.42 Å². The Morgan fingerprint density at radius 2 is 2.31 bits per heavy atom. The van der Waals surface area contributed by atoms with Gasteiger partial charge in [-0.3, -0.25) is 4.90 Å². The number of hydrogen-bond acceptors (Lipinski definition) is 3. The minimum absolute atomic E-state index is 0.721. The fraction of sp³-hybridized carbons (Fsp3) is 0.538. The van der Waals surface area contributed by atoms with Gasteiger partial charge in [0, 0.05) is 19.6 Å². The fourth-order valence-corrected chi connectivity index (χ4v) is 1.79. The highest BCUT2D eigenvalue weighted by Crippen LogP contribution is 1.99. The van der Waals surface area contributed by atoms with E-state index in [0.717, 1.165) is 44.9 Å². The quantitative estimate of drug-likeness (QED) is 0.754. The van der Waals surface area contributed by atoms with Crippen LogP contribution in [0.5, 0.6) is 0 Å². The summed E-state index contributed by atoms with van der Waals surface area (Å²) in [5, 5.41) is 3.39. The summed E-state index contributed by atoms with van der Waals surface area (Å²) < 4.78 is 5.22. The van der Waals surface area contributed by atoms with Crippen molar-refractivity contribution in [2.24, 2.45) is 0 Å². The zero-order valence-electron chi connectivity index (χ0n) is 9.54. The smallest absolute Gasteiger partial charge is 0.115 e. The Bertz CT molecular complexity index is 340. The maximum Gasteiger partial charge on any atom is 0.115 e. The van der Waals surface area contributed by atoms with Gasteiger partial charge in [-0.1, -0.05) is 11.8 Å². The standard InChI is InChI=1S/C13H18N2O/c1(5-13-6-3-12-16-13)2-9-15-10-4-7-14-8-11-15/h3,6,12,14H,4-5,7-11H2. The topological polar surface area (TPSA) is 28.4 Å². The maximum atomic E-state index is 5.22. The van der Waals surface area contributed by atoms with E-state index in [9.17, 15) is 0 Å². The summed E-state index contributed by atoms with van der Waals surface area (Å²) in [4.78, 5) is 2.40. The molecular weight excluding hydrogens is 200 g/mol. The van der Waals surface area contributed by atoms with E-state index in [1.54, 1.807) is 6.26 Å². The van der Waals surface area contributed by atoms with Crippen LogP contribution >= 0.6 is 0 Å². The molecule has 0 amide bonds. The van der Waals surface area contributed by atoms with Crippen molar-refractivity contribution in [1.82, 2.24) is 10.2 Å². The summed E-state index contributed by atoms with van der Waals surface area (Å²) in [6.45, 7) is 5.36. The van der Waals surface area contributed by atoms with Crippen molar-refractivity contribution < 1.29 is 4.42 Å². The molecule has 1 aliphatic rings. The fourth-order valence-electron chi connectivity index (χ4n) is 1.79. The van der Waals surface area contributed by atoms with E-state index >= 15 is 0 Å². The number of hydrogen-bond donors (Lipinski definition) is 1. The Morgan fingerprint density at radius 3 is 3.19 bits per heavy atom. The Morgan fingerprint density at radius 1 is 1.31 bits per heavy atom. The van der Waals surface area contributed by atoms with Crippen LogP contribution in [0.1, 0.15) is 12.2 Å². The van der Waals surface area contributed by atoms with Gasteiger partial charge in [0.1, 0.15) is 5.76 Å². The molecule has 3 nitrogen and oxygen atoms in total. The maximum absolute atomic E-state index is 5.22. The third-order valence-corrected chi connectivity index (χ3v) is 2.70. The van der Waals surface area contributed by atoms with Crippen molar-refractivity contribution >= 4 is 0 Å². The van der Waals surface area contributed by atoms with Crippen molar-refractivity contribution in [1.29, 1.82) is 0 Å². The molecular formula is C13H18N2O. The van der Waals surface area contributed by atoms with Gasteiger partial charge in [0.05, 0.1) is 19.2 Å². The molecule has 86 valence electrons. The van der Waals surface area contributed by atoms with Crippen LogP contribution in [0, 0.1) is 11.8 Å². The Labute approximate surface area is 96.8 Å². The molecule has 16 heavy (non-hydrogen) atoms. The number of furan rings is 1. The molecule has 0 radical (unpaired) electrons. The highest BCUT2D eigenvalue weighted by Gasteiger charge is 2.05. The van der Waals surface area contributed by atoms with Gasteiger partial charge in [-0.25, -0.2) is 0 Å². The Kier molecular flexibility index (Phi) is 4.48. The molecule has 2 heterocycles. The third kappa shape index (κ3) is 3.73. The van der Waals surface area contributed by atoms with Crippen LogP contribution in [0.25, 0.3) is 0 Å². The second-order valence-electron chi connectivity index (χ2n) is 3.99. The molecule has 1 saturated heterocycles. The lowest BCUT2D eigenvalue weighted by Gasteiger charge is -2.15. The molecule has 1 aromatic rings. The number of nitrogens with zero attached hydrogens (tertiary/aromatic N) is 1. The van der Waals surface area contributed by atoms with Crippen LogP contribution in [0.2, 0.25) is 0 Å². The Hall–Kier alpha value is -1.24. The molecule has 0 atom stereocenters. The zero-order valence-corrected chi connectivity index (χ0v) is 9.54. The summed E-state index contributed by atoms with van der Waals surface area (Å²) in [5.74, 6) is 7.31. The molecule has 2 rings (SSSR count). The van der Waals surface area contributed by atoms with E-state index < -0.39 is 0 Å². The van der Waals surface area contributed by atoms with Gasteiger partial charge >= 0.3 is 0 Å². The van der Waals surface area contributed by atoms with E-state index in [4.69, 9.17) is 4.42 Å². The van der Waals surface area contributed by atoms with Crippen LogP contribution < -0.4 is 5.32 Å². The zero-order chi connectivity index (χ0) is 11.1. The van der Waals surface area contributed by atoms with Gasteiger partial charge in [-0.05, 0) is 25.1 Å². The third-order valence-electron chi connectivity index (χ3n) is 2.70. The molecule has 0 unspecified atom stereocenters. The lowest BCUT2D eigenvalue weighted by molar-refractivity contribution is 0.329. The van der Waals surface area contributed by atoms with Gasteiger partial charge in [0.15, 0.2) is 0 Å². The van der Waals surface area contributed by atoms with Crippen LogP contribution in [0.3, 0.4) is 0 Å². The van der Waals surface area contributed by atoms with Crippen LogP contribution in [0.15, 0.2) is 22.8 Å². The number of rotatable bonds is 2. The molecule has 0 saturated carbocycles. The molecule has 3 heteroatoms. The van der Waals surface area contributed by atoms with Crippen molar-refractivity contribution in [3.05, 3.63) is 24.2 Å². The average molecular weight is 218 g/mol. The van der Waals surface area contributed by atoms with Gasteiger partial charge in [-0.2, -0.15) is 0 Å². The molecule has 0 aliphatic carbocycles. The summed E-state index contributed by atoms with van der Waals surface area (Å²) in [6.07, 6.45) is 3.64. The van der Waals surface area contributed by atoms with Gasteiger partial charge < -0.3 is 9.73 Å². The van der Waals surface area contributed by atoms with E-state index in [2.05, 4.69) is 22.1 Å². The van der Waals surface area contributed by atoms with Gasteiger partial charge in [0.25, 0.3) is 0 Å². The van der Waals surface area contributed by atoms with Crippen LogP contribution in [-0.2, 0) is 6.42 Å². The highest BCUT2D eigenvalue weighted by atomic mass is 16.3. The minimum Gasteiger partial charge on any atom is -0.468 e. The average Bonchev–Trinajstić information content (AvgIpc) is 2.68. The van der Waals surface area contributed by atoms with E-state index in [0.29, 0.717) is 0 Å². The second kappa shape index (κ2) is 6.37. The highest BCUT2D eigenvalue weighted by molar-refractivity contribution is 5.11. The van der Waals surface area contributed by atoms with Gasteiger partial charge in [-0.15, -0.1) is 0 Å².